The minimum atomic E-state index is -1.42. The molecular formula is C5H3Cl2N2NaO2. The molecule has 0 saturated carbocycles. The number of carboxylic acid groups (broad SMARTS) is 1. The molecule has 60 valence electrons. The van der Waals surface area contributed by atoms with Gasteiger partial charge in [-0.05, 0) is 0 Å². The van der Waals surface area contributed by atoms with E-state index in [1.165, 1.54) is 7.05 Å². The molecule has 0 amide bonds. The van der Waals surface area contributed by atoms with Crippen LogP contribution in [0.15, 0.2) is 0 Å². The molecule has 4 nitrogen and oxygen atoms in total. The van der Waals surface area contributed by atoms with Crippen LogP contribution in [0.2, 0.25) is 10.3 Å². The summed E-state index contributed by atoms with van der Waals surface area (Å²) in [6, 6.07) is 0. The van der Waals surface area contributed by atoms with Crippen LogP contribution in [-0.2, 0) is 7.05 Å². The van der Waals surface area contributed by atoms with Gasteiger partial charge in [0, 0.05) is 7.05 Å². The first-order chi connectivity index (χ1) is 5.04. The summed E-state index contributed by atoms with van der Waals surface area (Å²) < 4.78 is 1.16. The van der Waals surface area contributed by atoms with Crippen molar-refractivity contribution in [1.82, 2.24) is 9.78 Å². The maximum Gasteiger partial charge on any atom is 1.00 e. The van der Waals surface area contributed by atoms with E-state index in [1.807, 2.05) is 0 Å². The van der Waals surface area contributed by atoms with E-state index in [0.717, 1.165) is 4.68 Å². The summed E-state index contributed by atoms with van der Waals surface area (Å²) >= 11 is 10.9. The van der Waals surface area contributed by atoms with Crippen molar-refractivity contribution in [2.75, 3.05) is 0 Å². The van der Waals surface area contributed by atoms with Crippen LogP contribution in [0.1, 0.15) is 10.4 Å². The van der Waals surface area contributed by atoms with E-state index < -0.39 is 5.97 Å². The Morgan fingerprint density at radius 2 is 2.08 bits per heavy atom. The second-order valence-corrected chi connectivity index (χ2v) is 2.58. The van der Waals surface area contributed by atoms with Gasteiger partial charge in [-0.2, -0.15) is 5.10 Å². The smallest absolute Gasteiger partial charge is 0.545 e. The number of rotatable bonds is 1. The number of nitrogens with zero attached hydrogens (tertiary/aromatic N) is 2. The van der Waals surface area contributed by atoms with Gasteiger partial charge in [0.05, 0.1) is 11.5 Å². The maximum absolute atomic E-state index is 10.3. The van der Waals surface area contributed by atoms with Crippen LogP contribution in [0.3, 0.4) is 0 Å². The van der Waals surface area contributed by atoms with Crippen molar-refractivity contribution in [3.63, 3.8) is 0 Å². The van der Waals surface area contributed by atoms with Crippen LogP contribution in [0, 0.1) is 0 Å². The van der Waals surface area contributed by atoms with Gasteiger partial charge in [0.1, 0.15) is 5.15 Å². The van der Waals surface area contributed by atoms with Crippen molar-refractivity contribution in [3.05, 3.63) is 15.9 Å². The predicted molar refractivity (Wildman–Crippen MR) is 37.6 cm³/mol. The Balaban J connectivity index is 0.00000121. The van der Waals surface area contributed by atoms with Crippen LogP contribution in [0.5, 0.6) is 0 Å². The maximum atomic E-state index is 10.3. The van der Waals surface area contributed by atoms with E-state index in [-0.39, 0.29) is 45.4 Å². The van der Waals surface area contributed by atoms with Gasteiger partial charge < -0.3 is 9.90 Å². The van der Waals surface area contributed by atoms with Crippen LogP contribution >= 0.6 is 23.2 Å². The normalized spacial score (nSPS) is 9.25. The Kier molecular flexibility index (Phi) is 4.58. The minimum Gasteiger partial charge on any atom is -0.545 e. The standard InChI is InChI=1S/C5H4Cl2N2O2.Na/c1-9-4(7)2(5(10)11)3(6)8-9;/h1H3,(H,10,11);/q;+1/p-1. The van der Waals surface area contributed by atoms with Crippen LogP contribution in [-0.4, -0.2) is 15.7 Å². The molecule has 7 heteroatoms. The summed E-state index contributed by atoms with van der Waals surface area (Å²) in [6.07, 6.45) is 0. The molecule has 0 aliphatic rings. The molecule has 0 unspecified atom stereocenters. The number of carbonyl (C=O) groups is 1. The third kappa shape index (κ3) is 2.14. The minimum absolute atomic E-state index is 0. The Hall–Kier alpha value is 0.260. The molecule has 0 aliphatic heterocycles. The van der Waals surface area contributed by atoms with Gasteiger partial charge in [0.25, 0.3) is 0 Å². The molecule has 0 spiro atoms. The molecule has 1 rings (SSSR count). The molecule has 0 bridgehead atoms. The van der Waals surface area contributed by atoms with E-state index in [1.54, 1.807) is 0 Å². The van der Waals surface area contributed by atoms with E-state index >= 15 is 0 Å². The van der Waals surface area contributed by atoms with Crippen LogP contribution in [0.25, 0.3) is 0 Å². The van der Waals surface area contributed by atoms with Gasteiger partial charge in [0.2, 0.25) is 0 Å². The number of carbonyl (C=O) groups excluding carboxylic acids is 1. The molecule has 0 fully saturated rings. The van der Waals surface area contributed by atoms with Gasteiger partial charge in [0.15, 0.2) is 5.15 Å². The SMILES string of the molecule is Cn1nc(Cl)c(C(=O)[O-])c1Cl.[Na+]. The Labute approximate surface area is 101 Å². The number of aromatic nitrogens is 2. The summed E-state index contributed by atoms with van der Waals surface area (Å²) in [5.41, 5.74) is -0.268. The van der Waals surface area contributed by atoms with E-state index in [9.17, 15) is 9.90 Å². The van der Waals surface area contributed by atoms with E-state index in [2.05, 4.69) is 5.10 Å². The predicted octanol–water partition coefficient (Wildman–Crippen LogP) is -2.91. The Bertz CT molecular complexity index is 313. The second-order valence-electron chi connectivity index (χ2n) is 1.87. The number of hydrogen-bond acceptors (Lipinski definition) is 3. The number of halogens is 2. The number of hydrogen-bond donors (Lipinski definition) is 0. The van der Waals surface area contributed by atoms with Gasteiger partial charge in [-0.25, -0.2) is 0 Å². The average molecular weight is 217 g/mol. The van der Waals surface area contributed by atoms with Gasteiger partial charge in [-0.15, -0.1) is 0 Å². The zero-order valence-electron chi connectivity index (χ0n) is 6.47. The summed E-state index contributed by atoms with van der Waals surface area (Å²) in [7, 11) is 1.49. The van der Waals surface area contributed by atoms with Gasteiger partial charge in [-0.1, -0.05) is 23.2 Å². The number of aryl methyl sites for hydroxylation is 1. The first-order valence-electron chi connectivity index (χ1n) is 2.63. The van der Waals surface area contributed by atoms with Crippen molar-refractivity contribution in [1.29, 1.82) is 0 Å². The fourth-order valence-corrected chi connectivity index (χ4v) is 1.17. The van der Waals surface area contributed by atoms with Gasteiger partial charge in [-0.3, -0.25) is 4.68 Å². The summed E-state index contributed by atoms with van der Waals surface area (Å²) in [4.78, 5) is 10.3. The number of carboxylic acids is 1. The van der Waals surface area contributed by atoms with E-state index in [0.29, 0.717) is 0 Å². The molecule has 0 atom stereocenters. The molecule has 0 saturated heterocycles. The van der Waals surface area contributed by atoms with Crippen molar-refractivity contribution < 1.29 is 39.5 Å². The van der Waals surface area contributed by atoms with Crippen molar-refractivity contribution in [2.24, 2.45) is 7.05 Å². The molecule has 1 aromatic heterocycles. The first kappa shape index (κ1) is 12.3. The molecule has 12 heavy (non-hydrogen) atoms. The summed E-state index contributed by atoms with van der Waals surface area (Å²) in [5, 5.41) is 13.7. The van der Waals surface area contributed by atoms with Crippen LogP contribution in [0.4, 0.5) is 0 Å². The monoisotopic (exact) mass is 216 g/mol. The zero-order chi connectivity index (χ0) is 8.59. The van der Waals surface area contributed by atoms with Crippen molar-refractivity contribution >= 4 is 29.2 Å². The molecule has 0 N–H and O–H groups in total. The Morgan fingerprint density at radius 1 is 1.58 bits per heavy atom. The Morgan fingerprint density at radius 3 is 2.25 bits per heavy atom. The molecule has 1 heterocycles. The third-order valence-electron chi connectivity index (χ3n) is 1.14. The fourth-order valence-electron chi connectivity index (χ4n) is 0.641. The molecule has 1 aromatic rings. The molecule has 0 aliphatic carbocycles. The number of aromatic carboxylic acids is 1. The molecule has 0 aromatic carbocycles. The summed E-state index contributed by atoms with van der Waals surface area (Å²) in [6.45, 7) is 0. The third-order valence-corrected chi connectivity index (χ3v) is 1.84. The van der Waals surface area contributed by atoms with Crippen LogP contribution < -0.4 is 34.7 Å². The molecular weight excluding hydrogens is 214 g/mol. The second kappa shape index (κ2) is 4.48. The average Bonchev–Trinajstić information content (AvgIpc) is 2.07. The largest absolute Gasteiger partial charge is 1.00 e. The fraction of sp³-hybridized carbons (Fsp3) is 0.200. The topological polar surface area (TPSA) is 58.0 Å². The van der Waals surface area contributed by atoms with Crippen molar-refractivity contribution in [2.45, 2.75) is 0 Å². The first-order valence-corrected chi connectivity index (χ1v) is 3.39. The van der Waals surface area contributed by atoms with Gasteiger partial charge >= 0.3 is 29.6 Å². The van der Waals surface area contributed by atoms with E-state index in [4.69, 9.17) is 23.2 Å². The summed E-state index contributed by atoms with van der Waals surface area (Å²) in [5.74, 6) is -1.42. The quantitative estimate of drug-likeness (QED) is 0.474. The van der Waals surface area contributed by atoms with Crippen molar-refractivity contribution in [3.8, 4) is 0 Å². The molecule has 0 radical (unpaired) electrons. The zero-order valence-corrected chi connectivity index (χ0v) is 9.98.